The molecule has 2 heterocycles. The molecule has 0 saturated carbocycles. The molecule has 1 saturated heterocycles. The lowest BCUT2D eigenvalue weighted by molar-refractivity contribution is -0.135. The van der Waals surface area contributed by atoms with Crippen LogP contribution in [-0.2, 0) is 22.4 Å². The average Bonchev–Trinajstić information content (AvgIpc) is 2.89. The molecule has 0 spiro atoms. The van der Waals surface area contributed by atoms with Gasteiger partial charge in [0.2, 0.25) is 11.8 Å². The molecule has 2 atom stereocenters. The monoisotopic (exact) mass is 351 g/mol. The smallest absolute Gasteiger partial charge is 0.228 e. The second kappa shape index (κ2) is 7.99. The van der Waals surface area contributed by atoms with Gasteiger partial charge < -0.3 is 15.5 Å². The molecule has 1 aromatic rings. The summed E-state index contributed by atoms with van der Waals surface area (Å²) in [5, 5.41) is 6.24. The summed E-state index contributed by atoms with van der Waals surface area (Å²) in [6.07, 6.45) is 2.79. The number of nitrogens with one attached hydrogen (secondary N) is 2. The van der Waals surface area contributed by atoms with Crippen molar-refractivity contribution >= 4 is 29.9 Å². The van der Waals surface area contributed by atoms with Crippen LogP contribution in [0.15, 0.2) is 18.2 Å². The average molecular weight is 352 g/mol. The number of anilines is 1. The van der Waals surface area contributed by atoms with Crippen molar-refractivity contribution in [3.8, 4) is 0 Å². The lowest BCUT2D eigenvalue weighted by atomic mass is 10.0. The van der Waals surface area contributed by atoms with Crippen molar-refractivity contribution < 1.29 is 9.59 Å². The summed E-state index contributed by atoms with van der Waals surface area (Å²) in [4.78, 5) is 25.8. The quantitative estimate of drug-likeness (QED) is 0.873. The fraction of sp³-hybridized carbons (Fsp3) is 0.556. The summed E-state index contributed by atoms with van der Waals surface area (Å²) >= 11 is 0. The maximum Gasteiger partial charge on any atom is 0.228 e. The highest BCUT2D eigenvalue weighted by Gasteiger charge is 2.27. The number of nitrogens with zero attached hydrogens (tertiary/aromatic N) is 1. The van der Waals surface area contributed by atoms with E-state index in [9.17, 15) is 9.59 Å². The summed E-state index contributed by atoms with van der Waals surface area (Å²) in [7, 11) is 0. The Morgan fingerprint density at radius 2 is 2.12 bits per heavy atom. The first kappa shape index (κ1) is 18.7. The zero-order valence-corrected chi connectivity index (χ0v) is 15.1. The number of fused-ring (bicyclic) bond motifs is 1. The summed E-state index contributed by atoms with van der Waals surface area (Å²) in [5.74, 6) is 0.318. The molecule has 6 heteroatoms. The van der Waals surface area contributed by atoms with Crippen LogP contribution in [-0.4, -0.2) is 41.9 Å². The maximum atomic E-state index is 12.4. The van der Waals surface area contributed by atoms with Gasteiger partial charge in [-0.2, -0.15) is 0 Å². The minimum Gasteiger partial charge on any atom is -0.337 e. The molecule has 1 fully saturated rings. The minimum absolute atomic E-state index is 0. The van der Waals surface area contributed by atoms with E-state index in [2.05, 4.69) is 30.5 Å². The lowest BCUT2D eigenvalue weighted by Gasteiger charge is -2.38. The van der Waals surface area contributed by atoms with Crippen LogP contribution in [0, 0.1) is 0 Å². The molecule has 0 aromatic heterocycles. The normalized spacial score (nSPS) is 22.6. The fourth-order valence-corrected chi connectivity index (χ4v) is 3.43. The van der Waals surface area contributed by atoms with Crippen molar-refractivity contribution in [2.24, 2.45) is 0 Å². The van der Waals surface area contributed by atoms with Crippen molar-refractivity contribution in [3.05, 3.63) is 29.3 Å². The maximum absolute atomic E-state index is 12.4. The number of carbonyl (C=O) groups excluding carboxylic acids is 2. The number of benzene rings is 1. The Hall–Kier alpha value is -1.59. The molecule has 5 nitrogen and oxygen atoms in total. The molecular formula is C18H26ClN3O2. The molecule has 0 aliphatic carbocycles. The van der Waals surface area contributed by atoms with E-state index >= 15 is 0 Å². The van der Waals surface area contributed by atoms with Crippen molar-refractivity contribution in [3.63, 3.8) is 0 Å². The first-order valence-electron chi connectivity index (χ1n) is 8.49. The summed E-state index contributed by atoms with van der Waals surface area (Å²) in [5.41, 5.74) is 3.21. The lowest BCUT2D eigenvalue weighted by Crippen LogP contribution is -2.57. The van der Waals surface area contributed by atoms with Crippen LogP contribution in [0.3, 0.4) is 0 Å². The van der Waals surface area contributed by atoms with Crippen LogP contribution in [0.25, 0.3) is 0 Å². The number of carbonyl (C=O) groups is 2. The van der Waals surface area contributed by atoms with E-state index in [1.165, 1.54) is 5.56 Å². The second-order valence-electron chi connectivity index (χ2n) is 6.64. The van der Waals surface area contributed by atoms with E-state index in [0.717, 1.165) is 37.2 Å². The number of rotatable bonds is 4. The Morgan fingerprint density at radius 1 is 1.33 bits per heavy atom. The Kier molecular flexibility index (Phi) is 6.24. The molecule has 0 bridgehead atoms. The molecular weight excluding hydrogens is 326 g/mol. The van der Waals surface area contributed by atoms with Gasteiger partial charge in [-0.1, -0.05) is 12.1 Å². The number of halogens is 1. The molecule has 0 radical (unpaired) electrons. The molecule has 1 aromatic carbocycles. The van der Waals surface area contributed by atoms with E-state index in [0.29, 0.717) is 18.9 Å². The van der Waals surface area contributed by atoms with E-state index in [4.69, 9.17) is 0 Å². The van der Waals surface area contributed by atoms with Crippen molar-refractivity contribution in [1.82, 2.24) is 10.2 Å². The zero-order chi connectivity index (χ0) is 16.4. The SMILES string of the molecule is CC1NCCN(C(=O)CCCc2ccc3c(c2)CC(=O)N3)C1C.Cl. The minimum atomic E-state index is 0. The third kappa shape index (κ3) is 4.08. The van der Waals surface area contributed by atoms with E-state index in [-0.39, 0.29) is 30.3 Å². The summed E-state index contributed by atoms with van der Waals surface area (Å²) in [6, 6.07) is 6.72. The number of hydrogen-bond donors (Lipinski definition) is 2. The van der Waals surface area contributed by atoms with Crippen molar-refractivity contribution in [2.75, 3.05) is 18.4 Å². The highest BCUT2D eigenvalue weighted by Crippen LogP contribution is 2.24. The van der Waals surface area contributed by atoms with Gasteiger partial charge in [-0.25, -0.2) is 0 Å². The molecule has 2 N–H and O–H groups in total. The third-order valence-corrected chi connectivity index (χ3v) is 5.01. The van der Waals surface area contributed by atoms with Crippen LogP contribution < -0.4 is 10.6 Å². The molecule has 132 valence electrons. The van der Waals surface area contributed by atoms with Crippen LogP contribution in [0.4, 0.5) is 5.69 Å². The van der Waals surface area contributed by atoms with Crippen LogP contribution in [0.1, 0.15) is 37.8 Å². The number of hydrogen-bond acceptors (Lipinski definition) is 3. The fourth-order valence-electron chi connectivity index (χ4n) is 3.43. The Morgan fingerprint density at radius 3 is 2.92 bits per heavy atom. The van der Waals surface area contributed by atoms with Gasteiger partial charge in [0.05, 0.1) is 6.42 Å². The molecule has 2 aliphatic heterocycles. The molecule has 2 amide bonds. The molecule has 3 rings (SSSR count). The van der Waals surface area contributed by atoms with Crippen molar-refractivity contribution in [2.45, 2.75) is 51.6 Å². The topological polar surface area (TPSA) is 61.4 Å². The van der Waals surface area contributed by atoms with Gasteiger partial charge in [-0.3, -0.25) is 9.59 Å². The van der Waals surface area contributed by atoms with Gasteiger partial charge in [0, 0.05) is 37.3 Å². The van der Waals surface area contributed by atoms with Crippen LogP contribution in [0.2, 0.25) is 0 Å². The van der Waals surface area contributed by atoms with Crippen LogP contribution in [0.5, 0.6) is 0 Å². The van der Waals surface area contributed by atoms with Gasteiger partial charge in [-0.05, 0) is 43.9 Å². The van der Waals surface area contributed by atoms with Crippen LogP contribution >= 0.6 is 12.4 Å². The number of piperazine rings is 1. The van der Waals surface area contributed by atoms with E-state index in [1.807, 2.05) is 17.0 Å². The Labute approximate surface area is 149 Å². The predicted molar refractivity (Wildman–Crippen MR) is 97.6 cm³/mol. The van der Waals surface area contributed by atoms with Gasteiger partial charge in [0.25, 0.3) is 0 Å². The van der Waals surface area contributed by atoms with Gasteiger partial charge in [0.1, 0.15) is 0 Å². The van der Waals surface area contributed by atoms with Gasteiger partial charge in [-0.15, -0.1) is 12.4 Å². The molecule has 2 aliphatic rings. The highest BCUT2D eigenvalue weighted by atomic mass is 35.5. The van der Waals surface area contributed by atoms with Gasteiger partial charge >= 0.3 is 0 Å². The Bertz CT molecular complexity index is 620. The largest absolute Gasteiger partial charge is 0.337 e. The molecule has 2 unspecified atom stereocenters. The standard InChI is InChI=1S/C18H25N3O2.ClH/c1-12-13(2)21(9-8-19-12)18(23)5-3-4-14-6-7-16-15(10-14)11-17(22)20-16;/h6-7,10,12-13,19H,3-5,8-9,11H2,1-2H3,(H,20,22);1H. The predicted octanol–water partition coefficient (Wildman–Crippen LogP) is 2.13. The summed E-state index contributed by atoms with van der Waals surface area (Å²) < 4.78 is 0. The second-order valence-corrected chi connectivity index (χ2v) is 6.64. The summed E-state index contributed by atoms with van der Waals surface area (Å²) in [6.45, 7) is 5.92. The Balaban J connectivity index is 0.00000208. The zero-order valence-electron chi connectivity index (χ0n) is 14.3. The molecule has 24 heavy (non-hydrogen) atoms. The highest BCUT2D eigenvalue weighted by molar-refractivity contribution is 5.99. The third-order valence-electron chi connectivity index (χ3n) is 5.01. The first-order valence-corrected chi connectivity index (χ1v) is 8.49. The first-order chi connectivity index (χ1) is 11.0. The number of aryl methyl sites for hydroxylation is 1. The van der Waals surface area contributed by atoms with Gasteiger partial charge in [0.15, 0.2) is 0 Å². The van der Waals surface area contributed by atoms with E-state index < -0.39 is 0 Å². The number of amides is 2. The van der Waals surface area contributed by atoms with E-state index in [1.54, 1.807) is 0 Å². The van der Waals surface area contributed by atoms with Crippen molar-refractivity contribution in [1.29, 1.82) is 0 Å².